The van der Waals surface area contributed by atoms with Crippen molar-refractivity contribution in [2.45, 2.75) is 19.3 Å². The van der Waals surface area contributed by atoms with Gasteiger partial charge in [-0.25, -0.2) is 4.98 Å². The van der Waals surface area contributed by atoms with Crippen molar-refractivity contribution in [3.8, 4) is 0 Å². The van der Waals surface area contributed by atoms with E-state index < -0.39 is 0 Å². The van der Waals surface area contributed by atoms with Gasteiger partial charge in [0, 0.05) is 43.3 Å². The van der Waals surface area contributed by atoms with Crippen molar-refractivity contribution >= 4 is 17.2 Å². The smallest absolute Gasteiger partial charge is 0.293 e. The molecule has 1 unspecified atom stereocenters. The number of nitrogens with zero attached hydrogens (tertiary/aromatic N) is 3. The molecule has 1 saturated heterocycles. The normalized spacial score (nSPS) is 19.1. The number of aromatic nitrogens is 2. The van der Waals surface area contributed by atoms with E-state index in [9.17, 15) is 4.79 Å². The SMILES string of the molecule is Cc1cc(C2CCN(c3nccn(C)c3=O)C2)cs1. The van der Waals surface area contributed by atoms with E-state index in [-0.39, 0.29) is 5.56 Å². The first-order chi connectivity index (χ1) is 9.15. The third-order valence-corrected chi connectivity index (χ3v) is 4.59. The van der Waals surface area contributed by atoms with E-state index in [4.69, 9.17) is 0 Å². The first kappa shape index (κ1) is 12.4. The lowest BCUT2D eigenvalue weighted by atomic mass is 10.0. The van der Waals surface area contributed by atoms with Crippen molar-refractivity contribution in [3.05, 3.63) is 44.6 Å². The van der Waals surface area contributed by atoms with E-state index in [1.54, 1.807) is 35.3 Å². The summed E-state index contributed by atoms with van der Waals surface area (Å²) in [5, 5.41) is 2.24. The fraction of sp³-hybridized carbons (Fsp3) is 0.429. The van der Waals surface area contributed by atoms with Crippen LogP contribution in [0.2, 0.25) is 0 Å². The standard InChI is InChI=1S/C14H17N3OS/c1-10-7-12(9-19-10)11-3-5-17(8-11)13-14(18)16(2)6-4-15-13/h4,6-7,9,11H,3,5,8H2,1-2H3. The quantitative estimate of drug-likeness (QED) is 0.843. The van der Waals surface area contributed by atoms with E-state index in [0.717, 1.165) is 19.5 Å². The summed E-state index contributed by atoms with van der Waals surface area (Å²) in [6, 6.07) is 2.26. The molecule has 100 valence electrons. The highest BCUT2D eigenvalue weighted by Crippen LogP contribution is 2.31. The Morgan fingerprint density at radius 2 is 2.32 bits per heavy atom. The van der Waals surface area contributed by atoms with E-state index in [1.165, 1.54) is 10.4 Å². The van der Waals surface area contributed by atoms with Gasteiger partial charge in [-0.2, -0.15) is 0 Å². The number of hydrogen-bond acceptors (Lipinski definition) is 4. The monoisotopic (exact) mass is 275 g/mol. The third-order valence-electron chi connectivity index (χ3n) is 3.71. The Balaban J connectivity index is 1.82. The van der Waals surface area contributed by atoms with Crippen LogP contribution in [-0.4, -0.2) is 22.6 Å². The number of aryl methyl sites for hydroxylation is 2. The predicted molar refractivity (Wildman–Crippen MR) is 78.1 cm³/mol. The molecule has 0 saturated carbocycles. The molecule has 0 amide bonds. The molecular formula is C14H17N3OS. The first-order valence-corrected chi connectivity index (χ1v) is 7.35. The molecule has 1 fully saturated rings. The molecule has 0 spiro atoms. The Kier molecular flexibility index (Phi) is 3.14. The van der Waals surface area contributed by atoms with Crippen molar-refractivity contribution in [3.63, 3.8) is 0 Å². The van der Waals surface area contributed by atoms with Gasteiger partial charge in [-0.1, -0.05) is 0 Å². The molecule has 1 aliphatic heterocycles. The summed E-state index contributed by atoms with van der Waals surface area (Å²) in [6.07, 6.45) is 4.48. The van der Waals surface area contributed by atoms with Crippen LogP contribution in [0.1, 0.15) is 22.8 Å². The first-order valence-electron chi connectivity index (χ1n) is 6.47. The van der Waals surface area contributed by atoms with E-state index in [1.807, 2.05) is 0 Å². The summed E-state index contributed by atoms with van der Waals surface area (Å²) < 4.78 is 1.59. The number of thiophene rings is 1. The van der Waals surface area contributed by atoms with Gasteiger partial charge in [0.15, 0.2) is 5.82 Å². The number of hydrogen-bond donors (Lipinski definition) is 0. The van der Waals surface area contributed by atoms with Crippen LogP contribution in [0.5, 0.6) is 0 Å². The molecule has 1 atom stereocenters. The highest BCUT2D eigenvalue weighted by molar-refractivity contribution is 7.10. The largest absolute Gasteiger partial charge is 0.351 e. The van der Waals surface area contributed by atoms with Crippen LogP contribution in [0.3, 0.4) is 0 Å². The molecule has 3 heterocycles. The molecule has 1 aliphatic rings. The van der Waals surface area contributed by atoms with Crippen LogP contribution in [-0.2, 0) is 7.05 Å². The van der Waals surface area contributed by atoms with Gasteiger partial charge in [0.1, 0.15) is 0 Å². The van der Waals surface area contributed by atoms with Crippen LogP contribution >= 0.6 is 11.3 Å². The van der Waals surface area contributed by atoms with Gasteiger partial charge in [-0.05, 0) is 30.4 Å². The van der Waals surface area contributed by atoms with Gasteiger partial charge in [0.2, 0.25) is 0 Å². The number of rotatable bonds is 2. The zero-order valence-electron chi connectivity index (χ0n) is 11.2. The van der Waals surface area contributed by atoms with E-state index in [2.05, 4.69) is 28.3 Å². The topological polar surface area (TPSA) is 38.1 Å². The maximum absolute atomic E-state index is 12.1. The zero-order valence-corrected chi connectivity index (χ0v) is 12.0. The summed E-state index contributed by atoms with van der Waals surface area (Å²) in [5.41, 5.74) is 1.39. The minimum atomic E-state index is -0.00958. The van der Waals surface area contributed by atoms with E-state index >= 15 is 0 Å². The second-order valence-corrected chi connectivity index (χ2v) is 6.20. The fourth-order valence-corrected chi connectivity index (χ4v) is 3.39. The van der Waals surface area contributed by atoms with Gasteiger partial charge >= 0.3 is 0 Å². The average molecular weight is 275 g/mol. The van der Waals surface area contributed by atoms with Crippen LogP contribution in [0, 0.1) is 6.92 Å². The lowest BCUT2D eigenvalue weighted by molar-refractivity contribution is 0.772. The summed E-state index contributed by atoms with van der Waals surface area (Å²) in [6.45, 7) is 3.93. The van der Waals surface area contributed by atoms with Gasteiger partial charge < -0.3 is 9.47 Å². The van der Waals surface area contributed by atoms with Crippen LogP contribution in [0.4, 0.5) is 5.82 Å². The van der Waals surface area contributed by atoms with Crippen molar-refractivity contribution in [2.75, 3.05) is 18.0 Å². The number of anilines is 1. The Bertz CT molecular complexity index is 646. The van der Waals surface area contributed by atoms with Crippen molar-refractivity contribution in [1.29, 1.82) is 0 Å². The molecule has 0 aliphatic carbocycles. The van der Waals surface area contributed by atoms with Crippen molar-refractivity contribution in [2.24, 2.45) is 7.05 Å². The van der Waals surface area contributed by atoms with E-state index in [0.29, 0.717) is 11.7 Å². The maximum atomic E-state index is 12.1. The Morgan fingerprint density at radius 1 is 1.47 bits per heavy atom. The Labute approximate surface area is 116 Å². The molecule has 0 N–H and O–H groups in total. The predicted octanol–water partition coefficient (Wildman–Crippen LogP) is 2.14. The minimum absolute atomic E-state index is 0.00958. The molecule has 4 nitrogen and oxygen atoms in total. The maximum Gasteiger partial charge on any atom is 0.293 e. The summed E-state index contributed by atoms with van der Waals surface area (Å²) in [4.78, 5) is 19.8. The van der Waals surface area contributed by atoms with Crippen LogP contribution < -0.4 is 10.5 Å². The molecule has 0 bridgehead atoms. The average Bonchev–Trinajstić information content (AvgIpc) is 3.01. The molecule has 19 heavy (non-hydrogen) atoms. The molecular weight excluding hydrogens is 258 g/mol. The van der Waals surface area contributed by atoms with Gasteiger partial charge in [-0.15, -0.1) is 11.3 Å². The van der Waals surface area contributed by atoms with Gasteiger partial charge in [-0.3, -0.25) is 4.79 Å². The minimum Gasteiger partial charge on any atom is -0.351 e. The molecule has 3 rings (SSSR count). The Morgan fingerprint density at radius 3 is 3.05 bits per heavy atom. The zero-order chi connectivity index (χ0) is 13.4. The van der Waals surface area contributed by atoms with Crippen LogP contribution in [0.25, 0.3) is 0 Å². The Hall–Kier alpha value is -1.62. The van der Waals surface area contributed by atoms with Crippen molar-refractivity contribution < 1.29 is 0 Å². The van der Waals surface area contributed by atoms with Gasteiger partial charge in [0.25, 0.3) is 5.56 Å². The van der Waals surface area contributed by atoms with Crippen LogP contribution in [0.15, 0.2) is 28.6 Å². The summed E-state index contributed by atoms with van der Waals surface area (Å²) >= 11 is 1.79. The second-order valence-electron chi connectivity index (χ2n) is 5.09. The second kappa shape index (κ2) is 4.81. The lowest BCUT2D eigenvalue weighted by Gasteiger charge is -2.16. The molecule has 0 radical (unpaired) electrons. The van der Waals surface area contributed by atoms with Gasteiger partial charge in [0.05, 0.1) is 0 Å². The summed E-state index contributed by atoms with van der Waals surface area (Å²) in [7, 11) is 1.77. The molecule has 5 heteroatoms. The third kappa shape index (κ3) is 2.30. The molecule has 0 aromatic carbocycles. The fourth-order valence-electron chi connectivity index (χ4n) is 2.60. The molecule has 2 aromatic heterocycles. The highest BCUT2D eigenvalue weighted by Gasteiger charge is 2.26. The molecule has 2 aromatic rings. The summed E-state index contributed by atoms with van der Waals surface area (Å²) in [5.74, 6) is 1.11. The van der Waals surface area contributed by atoms with Crippen molar-refractivity contribution in [1.82, 2.24) is 9.55 Å². The lowest BCUT2D eigenvalue weighted by Crippen LogP contribution is -2.30. The highest BCUT2D eigenvalue weighted by atomic mass is 32.1.